The summed E-state index contributed by atoms with van der Waals surface area (Å²) >= 11 is 0. The Morgan fingerprint density at radius 3 is 2.74 bits per heavy atom. The smallest absolute Gasteiger partial charge is 0.305 e. The van der Waals surface area contributed by atoms with E-state index in [2.05, 4.69) is 35.2 Å². The van der Waals surface area contributed by atoms with Gasteiger partial charge in [0.15, 0.2) is 0 Å². The fourth-order valence-electron chi connectivity index (χ4n) is 4.60. The third-order valence-corrected chi connectivity index (χ3v) is 6.56. The molecular formula is C28H34N8O3. The normalized spacial score (nSPS) is 14.3. The van der Waals surface area contributed by atoms with Gasteiger partial charge in [-0.15, -0.1) is 5.10 Å². The van der Waals surface area contributed by atoms with E-state index < -0.39 is 0 Å². The van der Waals surface area contributed by atoms with Gasteiger partial charge in [0, 0.05) is 63.2 Å². The molecule has 11 nitrogen and oxygen atoms in total. The number of aryl methyl sites for hydroxylation is 3. The number of nitrogens with zero attached hydrogens (tertiary/aromatic N) is 7. The Balaban J connectivity index is 1.26. The molecule has 0 bridgehead atoms. The molecule has 11 heteroatoms. The summed E-state index contributed by atoms with van der Waals surface area (Å²) < 4.78 is 12.6. The highest BCUT2D eigenvalue weighted by molar-refractivity contribution is 5.69. The molecule has 0 saturated carbocycles. The molecule has 0 unspecified atom stereocenters. The van der Waals surface area contributed by atoms with Crippen molar-refractivity contribution in [2.45, 2.75) is 58.7 Å². The fourth-order valence-corrected chi connectivity index (χ4v) is 4.60. The van der Waals surface area contributed by atoms with Crippen LogP contribution in [-0.4, -0.2) is 62.1 Å². The molecule has 1 aliphatic rings. The average molecular weight is 531 g/mol. The predicted molar refractivity (Wildman–Crippen MR) is 146 cm³/mol. The van der Waals surface area contributed by atoms with Crippen LogP contribution >= 0.6 is 0 Å². The Morgan fingerprint density at radius 1 is 1.26 bits per heavy atom. The topological polar surface area (TPSA) is 131 Å². The van der Waals surface area contributed by atoms with Crippen LogP contribution in [0.1, 0.15) is 48.1 Å². The Morgan fingerprint density at radius 2 is 2.03 bits per heavy atom. The number of nitriles is 1. The number of methoxy groups -OCH3 is 1. The largest absolute Gasteiger partial charge is 0.469 e. The maximum atomic E-state index is 11.3. The van der Waals surface area contributed by atoms with Crippen molar-refractivity contribution in [3.8, 4) is 17.7 Å². The van der Waals surface area contributed by atoms with Gasteiger partial charge in [0.25, 0.3) is 0 Å². The highest BCUT2D eigenvalue weighted by atomic mass is 16.5. The van der Waals surface area contributed by atoms with E-state index in [4.69, 9.17) is 10.00 Å². The number of piperidine rings is 1. The number of hydrogen-bond donors (Lipinski definition) is 1. The molecule has 1 N–H and O–H groups in total. The van der Waals surface area contributed by atoms with Gasteiger partial charge < -0.3 is 14.8 Å². The number of anilines is 1. The van der Waals surface area contributed by atoms with E-state index in [1.54, 1.807) is 23.0 Å². The van der Waals surface area contributed by atoms with Crippen LogP contribution < -0.4 is 10.1 Å². The van der Waals surface area contributed by atoms with Gasteiger partial charge in [-0.3, -0.25) is 14.4 Å². The van der Waals surface area contributed by atoms with Gasteiger partial charge in [-0.25, -0.2) is 4.98 Å². The lowest BCUT2D eigenvalue weighted by molar-refractivity contribution is -0.140. The van der Waals surface area contributed by atoms with Gasteiger partial charge >= 0.3 is 5.97 Å². The Hall–Kier alpha value is -4.30. The van der Waals surface area contributed by atoms with E-state index in [-0.39, 0.29) is 12.0 Å². The van der Waals surface area contributed by atoms with Crippen LogP contribution in [0.15, 0.2) is 36.7 Å². The van der Waals surface area contributed by atoms with Crippen LogP contribution in [0.5, 0.6) is 11.6 Å². The highest BCUT2D eigenvalue weighted by Crippen LogP contribution is 2.30. The molecule has 0 amide bonds. The number of carbonyl (C=O) groups excluding carboxylic acids is 1. The third kappa shape index (κ3) is 8.09. The second-order valence-electron chi connectivity index (χ2n) is 9.61. The summed E-state index contributed by atoms with van der Waals surface area (Å²) in [5.41, 5.74) is 3.81. The molecule has 2 aromatic heterocycles. The van der Waals surface area contributed by atoms with Gasteiger partial charge in [0.1, 0.15) is 5.75 Å². The SMILES string of the molecule is COC(=O)CCCn1cc(CN2CCC(Nc3nccc(Oc4c(C)cc(/C=C/C#N)cc4C)n3)CC2)nn1. The molecule has 1 fully saturated rings. The van der Waals surface area contributed by atoms with E-state index in [0.29, 0.717) is 31.2 Å². The van der Waals surface area contributed by atoms with Gasteiger partial charge in [0.05, 0.1) is 18.9 Å². The van der Waals surface area contributed by atoms with Gasteiger partial charge in [0.2, 0.25) is 11.8 Å². The number of rotatable bonds is 11. The molecule has 1 aromatic carbocycles. The van der Waals surface area contributed by atoms with Crippen LogP contribution in [0.3, 0.4) is 0 Å². The van der Waals surface area contributed by atoms with Crippen LogP contribution in [0, 0.1) is 25.2 Å². The maximum Gasteiger partial charge on any atom is 0.305 e. The first kappa shape index (κ1) is 27.7. The quantitative estimate of drug-likeness (QED) is 0.286. The molecule has 1 aliphatic heterocycles. The van der Waals surface area contributed by atoms with Crippen LogP contribution in [0.25, 0.3) is 6.08 Å². The standard InChI is InChI=1S/C28H34N8O3/c1-20-16-22(6-4-11-29)17-21(2)27(20)39-25-8-12-30-28(32-25)31-23-9-14-35(15-10-23)18-24-19-36(34-33-24)13-5-7-26(37)38-3/h4,6,8,12,16-17,19,23H,5,7,9-10,13-15,18H2,1-3H3,(H,30,31,32)/b6-4+. The molecule has 1 saturated heterocycles. The van der Waals surface area contributed by atoms with Gasteiger partial charge in [-0.05, 0) is 68.0 Å². The van der Waals surface area contributed by atoms with E-state index >= 15 is 0 Å². The molecule has 3 heterocycles. The van der Waals surface area contributed by atoms with Gasteiger partial charge in [-0.1, -0.05) is 5.21 Å². The van der Waals surface area contributed by atoms with Crippen molar-refractivity contribution in [1.82, 2.24) is 29.9 Å². The second kappa shape index (κ2) is 13.5. The number of carbonyl (C=O) groups is 1. The first-order chi connectivity index (χ1) is 18.9. The summed E-state index contributed by atoms with van der Waals surface area (Å²) in [5, 5.41) is 20.7. The van der Waals surface area contributed by atoms with E-state index in [0.717, 1.165) is 60.6 Å². The molecule has 39 heavy (non-hydrogen) atoms. The Bertz CT molecular complexity index is 1320. The van der Waals surface area contributed by atoms with Crippen molar-refractivity contribution < 1.29 is 14.3 Å². The monoisotopic (exact) mass is 530 g/mol. The number of allylic oxidation sites excluding steroid dienone is 1. The number of nitrogens with one attached hydrogen (secondary N) is 1. The summed E-state index contributed by atoms with van der Waals surface area (Å²) in [4.78, 5) is 22.6. The minimum Gasteiger partial charge on any atom is -0.469 e. The molecule has 4 rings (SSSR count). The van der Waals surface area contributed by atoms with Crippen molar-refractivity contribution in [2.75, 3.05) is 25.5 Å². The maximum absolute atomic E-state index is 11.3. The van der Waals surface area contributed by atoms with Crippen molar-refractivity contribution in [1.29, 1.82) is 5.26 Å². The summed E-state index contributed by atoms with van der Waals surface area (Å²) in [5.74, 6) is 1.57. The molecular weight excluding hydrogens is 496 g/mol. The molecule has 3 aromatic rings. The number of hydrogen-bond acceptors (Lipinski definition) is 10. The number of esters is 1. The van der Waals surface area contributed by atoms with Crippen molar-refractivity contribution in [3.05, 3.63) is 59.1 Å². The minimum absolute atomic E-state index is 0.210. The first-order valence-electron chi connectivity index (χ1n) is 13.1. The van der Waals surface area contributed by atoms with Crippen LogP contribution in [-0.2, 0) is 22.6 Å². The van der Waals surface area contributed by atoms with Crippen LogP contribution in [0.2, 0.25) is 0 Å². The van der Waals surface area contributed by atoms with Crippen molar-refractivity contribution in [2.24, 2.45) is 0 Å². The number of aromatic nitrogens is 5. The molecule has 0 spiro atoms. The Kier molecular flexibility index (Phi) is 9.58. The van der Waals surface area contributed by atoms with E-state index in [1.807, 2.05) is 38.2 Å². The Labute approximate surface area is 228 Å². The van der Waals surface area contributed by atoms with Crippen LogP contribution in [0.4, 0.5) is 5.95 Å². The second-order valence-corrected chi connectivity index (χ2v) is 9.61. The lowest BCUT2D eigenvalue weighted by Gasteiger charge is -2.31. The van der Waals surface area contributed by atoms with E-state index in [1.165, 1.54) is 13.2 Å². The average Bonchev–Trinajstić information content (AvgIpc) is 3.37. The fraction of sp³-hybridized carbons (Fsp3) is 0.429. The summed E-state index contributed by atoms with van der Waals surface area (Å²) in [7, 11) is 1.40. The zero-order valence-electron chi connectivity index (χ0n) is 22.6. The lowest BCUT2D eigenvalue weighted by Crippen LogP contribution is -2.39. The molecule has 0 radical (unpaired) electrons. The highest BCUT2D eigenvalue weighted by Gasteiger charge is 2.21. The zero-order chi connectivity index (χ0) is 27.6. The minimum atomic E-state index is -0.210. The predicted octanol–water partition coefficient (Wildman–Crippen LogP) is 4.04. The zero-order valence-corrected chi connectivity index (χ0v) is 22.6. The molecule has 204 valence electrons. The summed E-state index contributed by atoms with van der Waals surface area (Å²) in [6.07, 6.45) is 9.84. The summed E-state index contributed by atoms with van der Waals surface area (Å²) in [6, 6.07) is 7.99. The van der Waals surface area contributed by atoms with Gasteiger partial charge in [-0.2, -0.15) is 10.2 Å². The molecule has 0 atom stereocenters. The lowest BCUT2D eigenvalue weighted by atomic mass is 10.1. The number of benzene rings is 1. The van der Waals surface area contributed by atoms with Crippen molar-refractivity contribution >= 4 is 18.0 Å². The number of likely N-dealkylation sites (tertiary alicyclic amines) is 1. The first-order valence-corrected chi connectivity index (χ1v) is 13.1. The van der Waals surface area contributed by atoms with Crippen molar-refractivity contribution in [3.63, 3.8) is 0 Å². The third-order valence-electron chi connectivity index (χ3n) is 6.56. The summed E-state index contributed by atoms with van der Waals surface area (Å²) in [6.45, 7) is 7.19. The van der Waals surface area contributed by atoms with E-state index in [9.17, 15) is 4.79 Å². The molecule has 0 aliphatic carbocycles. The number of ether oxygens (including phenoxy) is 2.